The summed E-state index contributed by atoms with van der Waals surface area (Å²) in [7, 11) is 0. The van der Waals surface area contributed by atoms with Gasteiger partial charge in [0, 0.05) is 0 Å². The summed E-state index contributed by atoms with van der Waals surface area (Å²) >= 11 is 0. The van der Waals surface area contributed by atoms with Crippen LogP contribution in [0.2, 0.25) is 0 Å². The zero-order valence-electron chi connectivity index (χ0n) is 15.6. The third-order valence-corrected chi connectivity index (χ3v) is 4.55. The van der Waals surface area contributed by atoms with Crippen molar-refractivity contribution < 1.29 is 19.1 Å². The lowest BCUT2D eigenvalue weighted by molar-refractivity contribution is 0.0926. The molecule has 0 spiro atoms. The number of fused-ring (bicyclic) bond motifs is 2. The van der Waals surface area contributed by atoms with Crippen LogP contribution in [0.3, 0.4) is 0 Å². The Kier molecular flexibility index (Phi) is 4.34. The number of amides is 3. The van der Waals surface area contributed by atoms with Crippen LogP contribution in [-0.2, 0) is 4.74 Å². The number of aromatic nitrogens is 2. The lowest BCUT2D eigenvalue weighted by Gasteiger charge is -2.16. The third kappa shape index (κ3) is 2.92. The van der Waals surface area contributed by atoms with Crippen molar-refractivity contribution in [2.75, 3.05) is 16.9 Å². The molecule has 4 rings (SSSR count). The predicted octanol–water partition coefficient (Wildman–Crippen LogP) is 2.21. The van der Waals surface area contributed by atoms with E-state index in [2.05, 4.69) is 10.4 Å². The molecule has 0 unspecified atom stereocenters. The highest BCUT2D eigenvalue weighted by Gasteiger charge is 2.36. The topological polar surface area (TPSA) is 111 Å². The molecule has 0 atom stereocenters. The van der Waals surface area contributed by atoms with Crippen LogP contribution < -0.4 is 15.9 Å². The first-order chi connectivity index (χ1) is 13.9. The molecule has 0 aliphatic carbocycles. The van der Waals surface area contributed by atoms with Crippen LogP contribution in [0.4, 0.5) is 10.5 Å². The zero-order valence-corrected chi connectivity index (χ0v) is 15.6. The number of nitrogens with zero attached hydrogens (tertiary/aromatic N) is 3. The van der Waals surface area contributed by atoms with E-state index in [9.17, 15) is 19.2 Å². The SMILES string of the molecule is CCOC(=O)Nn1c(C)nc2ccc(N3C(=O)c4ccccc4C3=O)cc2c1=O. The standard InChI is InChI=1S/C20H16N4O5/c1-3-29-20(28)22-24-11(2)21-16-9-8-12(10-15(16)19(24)27)23-17(25)13-6-4-5-7-14(13)18(23)26/h4-10H,3H2,1-2H3,(H,22,28). The van der Waals surface area contributed by atoms with Crippen molar-refractivity contribution >= 4 is 34.5 Å². The highest BCUT2D eigenvalue weighted by Crippen LogP contribution is 2.29. The summed E-state index contributed by atoms with van der Waals surface area (Å²) in [5.41, 5.74) is 3.00. The highest BCUT2D eigenvalue weighted by atomic mass is 16.6. The number of hydrogen-bond donors (Lipinski definition) is 1. The molecule has 146 valence electrons. The second-order valence-electron chi connectivity index (χ2n) is 6.32. The average molecular weight is 392 g/mol. The van der Waals surface area contributed by atoms with Gasteiger partial charge in [-0.25, -0.2) is 20.1 Å². The predicted molar refractivity (Wildman–Crippen MR) is 105 cm³/mol. The summed E-state index contributed by atoms with van der Waals surface area (Å²) in [6.45, 7) is 3.35. The molecule has 0 radical (unpaired) electrons. The van der Waals surface area contributed by atoms with Gasteiger partial charge in [0.25, 0.3) is 17.4 Å². The molecule has 9 nitrogen and oxygen atoms in total. The third-order valence-electron chi connectivity index (χ3n) is 4.55. The lowest BCUT2D eigenvalue weighted by Crippen LogP contribution is -2.36. The number of aryl methyl sites for hydroxylation is 1. The lowest BCUT2D eigenvalue weighted by atomic mass is 10.1. The second kappa shape index (κ2) is 6.86. The first-order valence-electron chi connectivity index (χ1n) is 8.87. The molecule has 1 aliphatic rings. The van der Waals surface area contributed by atoms with E-state index in [-0.39, 0.29) is 23.5 Å². The van der Waals surface area contributed by atoms with Crippen molar-refractivity contribution in [1.29, 1.82) is 0 Å². The molecule has 1 N–H and O–H groups in total. The van der Waals surface area contributed by atoms with Gasteiger partial charge < -0.3 is 4.74 Å². The molecule has 9 heteroatoms. The largest absolute Gasteiger partial charge is 0.449 e. The summed E-state index contributed by atoms with van der Waals surface area (Å²) < 4.78 is 5.77. The van der Waals surface area contributed by atoms with Gasteiger partial charge >= 0.3 is 6.09 Å². The van der Waals surface area contributed by atoms with Crippen molar-refractivity contribution in [1.82, 2.24) is 9.66 Å². The number of rotatable bonds is 3. The minimum Gasteiger partial charge on any atom is -0.449 e. The zero-order chi connectivity index (χ0) is 20.7. The number of hydrogen-bond acceptors (Lipinski definition) is 6. The van der Waals surface area contributed by atoms with Gasteiger partial charge in [-0.3, -0.25) is 14.4 Å². The van der Waals surface area contributed by atoms with E-state index >= 15 is 0 Å². The molecule has 3 aromatic rings. The molecule has 0 saturated heterocycles. The van der Waals surface area contributed by atoms with E-state index in [1.165, 1.54) is 6.07 Å². The Morgan fingerprint density at radius 2 is 1.72 bits per heavy atom. The van der Waals surface area contributed by atoms with Gasteiger partial charge in [-0.2, -0.15) is 4.68 Å². The summed E-state index contributed by atoms with van der Waals surface area (Å²) in [4.78, 5) is 55.3. The van der Waals surface area contributed by atoms with E-state index in [0.29, 0.717) is 16.6 Å². The normalized spacial score (nSPS) is 13.0. The van der Waals surface area contributed by atoms with E-state index in [1.807, 2.05) is 0 Å². The van der Waals surface area contributed by atoms with Crippen LogP contribution in [0, 0.1) is 6.92 Å². The Labute approximate surface area is 164 Å². The van der Waals surface area contributed by atoms with Crippen LogP contribution in [0.25, 0.3) is 10.9 Å². The maximum Gasteiger partial charge on any atom is 0.426 e. The quantitative estimate of drug-likeness (QED) is 0.684. The molecule has 2 heterocycles. The molecule has 0 fully saturated rings. The fraction of sp³-hybridized carbons (Fsp3) is 0.150. The fourth-order valence-electron chi connectivity index (χ4n) is 3.23. The van der Waals surface area contributed by atoms with Crippen LogP contribution in [-0.4, -0.2) is 34.2 Å². The summed E-state index contributed by atoms with van der Waals surface area (Å²) in [5.74, 6) is -0.672. The van der Waals surface area contributed by atoms with Gasteiger partial charge in [0.2, 0.25) is 0 Å². The monoisotopic (exact) mass is 392 g/mol. The van der Waals surface area contributed by atoms with E-state index in [0.717, 1.165) is 9.58 Å². The number of benzene rings is 2. The van der Waals surface area contributed by atoms with Gasteiger partial charge in [-0.15, -0.1) is 0 Å². The van der Waals surface area contributed by atoms with Crippen molar-refractivity contribution in [3.63, 3.8) is 0 Å². The maximum atomic E-state index is 12.9. The van der Waals surface area contributed by atoms with Gasteiger partial charge in [0.1, 0.15) is 5.82 Å². The number of carbonyl (C=O) groups is 3. The highest BCUT2D eigenvalue weighted by molar-refractivity contribution is 6.34. The summed E-state index contributed by atoms with van der Waals surface area (Å²) in [6.07, 6.45) is -0.796. The van der Waals surface area contributed by atoms with E-state index in [1.54, 1.807) is 50.2 Å². The Morgan fingerprint density at radius 1 is 1.07 bits per heavy atom. The van der Waals surface area contributed by atoms with Crippen molar-refractivity contribution in [3.8, 4) is 0 Å². The molecule has 0 bridgehead atoms. The number of imide groups is 1. The molecular weight excluding hydrogens is 376 g/mol. The molecule has 0 saturated carbocycles. The van der Waals surface area contributed by atoms with Crippen LogP contribution in [0.5, 0.6) is 0 Å². The molecule has 3 amide bonds. The van der Waals surface area contributed by atoms with E-state index < -0.39 is 23.5 Å². The molecule has 1 aromatic heterocycles. The molecule has 2 aromatic carbocycles. The van der Waals surface area contributed by atoms with Crippen molar-refractivity contribution in [2.24, 2.45) is 0 Å². The van der Waals surface area contributed by atoms with Crippen LogP contribution in [0.15, 0.2) is 47.3 Å². The Bertz CT molecular complexity index is 1210. The number of carbonyl (C=O) groups excluding carboxylic acids is 3. The smallest absolute Gasteiger partial charge is 0.426 e. The minimum absolute atomic E-state index is 0.140. The first kappa shape index (κ1) is 18.4. The van der Waals surface area contributed by atoms with Gasteiger partial charge in [-0.1, -0.05) is 12.1 Å². The molecular formula is C20H16N4O5. The Hall–Kier alpha value is -4.01. The van der Waals surface area contributed by atoms with Crippen molar-refractivity contribution in [3.05, 3.63) is 69.8 Å². The van der Waals surface area contributed by atoms with Gasteiger partial charge in [-0.05, 0) is 44.2 Å². The molecule has 29 heavy (non-hydrogen) atoms. The van der Waals surface area contributed by atoms with Gasteiger partial charge in [0.05, 0.1) is 34.3 Å². The van der Waals surface area contributed by atoms with E-state index in [4.69, 9.17) is 4.74 Å². The van der Waals surface area contributed by atoms with Crippen molar-refractivity contribution in [2.45, 2.75) is 13.8 Å². The van der Waals surface area contributed by atoms with Crippen LogP contribution in [0.1, 0.15) is 33.5 Å². The fourth-order valence-corrected chi connectivity index (χ4v) is 3.23. The number of nitrogens with one attached hydrogen (secondary N) is 1. The first-order valence-corrected chi connectivity index (χ1v) is 8.87. The molecule has 1 aliphatic heterocycles. The average Bonchev–Trinajstić information content (AvgIpc) is 2.96. The van der Waals surface area contributed by atoms with Crippen LogP contribution >= 0.6 is 0 Å². The Morgan fingerprint density at radius 3 is 2.34 bits per heavy atom. The summed E-state index contributed by atoms with van der Waals surface area (Å²) in [6, 6.07) is 11.0. The summed E-state index contributed by atoms with van der Waals surface area (Å²) in [5, 5.41) is 0.140. The Balaban J connectivity index is 1.81. The number of ether oxygens (including phenoxy) is 1. The second-order valence-corrected chi connectivity index (χ2v) is 6.32. The number of anilines is 1. The maximum absolute atomic E-state index is 12.9. The minimum atomic E-state index is -0.796. The van der Waals surface area contributed by atoms with Gasteiger partial charge in [0.15, 0.2) is 0 Å².